The van der Waals surface area contributed by atoms with Crippen LogP contribution in [0.5, 0.6) is 0 Å². The molecule has 2 amide bonds. The Morgan fingerprint density at radius 1 is 0.848 bits per heavy atom. The Bertz CT molecular complexity index is 1170. The van der Waals surface area contributed by atoms with E-state index in [1.165, 1.54) is 18.2 Å². The molecule has 0 spiro atoms. The molecule has 1 heterocycles. The number of benzene rings is 3. The first-order chi connectivity index (χ1) is 16.0. The van der Waals surface area contributed by atoms with Crippen LogP contribution in [-0.4, -0.2) is 34.7 Å². The number of amides is 2. The van der Waals surface area contributed by atoms with Crippen LogP contribution < -0.4 is 10.6 Å². The molecule has 8 nitrogen and oxygen atoms in total. The smallest absolute Gasteiger partial charge is 0.293 e. The fourth-order valence-electron chi connectivity index (χ4n) is 3.85. The molecule has 8 heteroatoms. The summed E-state index contributed by atoms with van der Waals surface area (Å²) in [6.45, 7) is 1.40. The largest absolute Gasteiger partial charge is 0.350 e. The summed E-state index contributed by atoms with van der Waals surface area (Å²) in [5.74, 6) is -0.651. The van der Waals surface area contributed by atoms with E-state index >= 15 is 0 Å². The molecule has 3 aromatic rings. The number of nitrogens with zero attached hydrogens (tertiary/aromatic N) is 2. The Balaban J connectivity index is 1.56. The van der Waals surface area contributed by atoms with Crippen molar-refractivity contribution < 1.29 is 14.5 Å². The summed E-state index contributed by atoms with van der Waals surface area (Å²) < 4.78 is 0. The van der Waals surface area contributed by atoms with Gasteiger partial charge in [-0.1, -0.05) is 30.3 Å². The lowest BCUT2D eigenvalue weighted by molar-refractivity contribution is -0.383. The van der Waals surface area contributed by atoms with Crippen LogP contribution in [0.4, 0.5) is 22.7 Å². The fourth-order valence-corrected chi connectivity index (χ4v) is 3.85. The number of nitrogens with one attached hydrogen (secondary N) is 2. The van der Waals surface area contributed by atoms with Gasteiger partial charge in [0.05, 0.1) is 16.2 Å². The molecule has 2 N–H and O–H groups in total. The van der Waals surface area contributed by atoms with Crippen LogP contribution in [0.1, 0.15) is 40.0 Å². The number of hydrogen-bond donors (Lipinski definition) is 2. The molecule has 0 unspecified atom stereocenters. The van der Waals surface area contributed by atoms with E-state index in [4.69, 9.17) is 0 Å². The molecule has 168 valence electrons. The highest BCUT2D eigenvalue weighted by Gasteiger charge is 2.23. The summed E-state index contributed by atoms with van der Waals surface area (Å²) in [6.07, 6.45) is 3.04. The molecule has 33 heavy (non-hydrogen) atoms. The lowest BCUT2D eigenvalue weighted by Gasteiger charge is -2.27. The van der Waals surface area contributed by atoms with Gasteiger partial charge in [-0.2, -0.15) is 0 Å². The first-order valence-corrected chi connectivity index (χ1v) is 10.8. The number of anilines is 3. The number of nitro benzene ring substituents is 1. The van der Waals surface area contributed by atoms with E-state index in [-0.39, 0.29) is 22.8 Å². The third kappa shape index (κ3) is 5.17. The second-order valence-electron chi connectivity index (χ2n) is 7.83. The van der Waals surface area contributed by atoms with E-state index in [1.54, 1.807) is 41.3 Å². The topological polar surface area (TPSA) is 105 Å². The number of piperidine rings is 1. The SMILES string of the molecule is O=C(Nc1ccccc1C(=O)N1CCCCC1)c1ccc(Nc2ccccc2)c([N+](=O)[O-])c1. The van der Waals surface area contributed by atoms with Gasteiger partial charge in [-0.05, 0) is 55.7 Å². The van der Waals surface area contributed by atoms with Crippen molar-refractivity contribution in [3.8, 4) is 0 Å². The predicted octanol–water partition coefficient (Wildman–Crippen LogP) is 5.22. The number of rotatable bonds is 6. The average molecular weight is 444 g/mol. The van der Waals surface area contributed by atoms with Crippen LogP contribution in [0.3, 0.4) is 0 Å². The molecule has 0 saturated carbocycles. The van der Waals surface area contributed by atoms with Gasteiger partial charge in [-0.15, -0.1) is 0 Å². The highest BCUT2D eigenvalue weighted by Crippen LogP contribution is 2.29. The van der Waals surface area contributed by atoms with E-state index in [2.05, 4.69) is 10.6 Å². The van der Waals surface area contributed by atoms with Crippen molar-refractivity contribution in [3.05, 3.63) is 94.0 Å². The lowest BCUT2D eigenvalue weighted by atomic mass is 10.1. The van der Waals surface area contributed by atoms with Gasteiger partial charge in [-0.3, -0.25) is 19.7 Å². The maximum absolute atomic E-state index is 13.0. The Morgan fingerprint density at radius 2 is 1.55 bits per heavy atom. The van der Waals surface area contributed by atoms with Crippen molar-refractivity contribution in [2.24, 2.45) is 0 Å². The average Bonchev–Trinajstić information content (AvgIpc) is 2.85. The van der Waals surface area contributed by atoms with Crippen molar-refractivity contribution in [2.45, 2.75) is 19.3 Å². The number of nitro groups is 1. The minimum atomic E-state index is -0.532. The van der Waals surface area contributed by atoms with Crippen molar-refractivity contribution >= 4 is 34.6 Å². The summed E-state index contributed by atoms with van der Waals surface area (Å²) in [6, 6.07) is 20.2. The maximum atomic E-state index is 13.0. The zero-order valence-electron chi connectivity index (χ0n) is 18.0. The Hall–Kier alpha value is -4.20. The maximum Gasteiger partial charge on any atom is 0.293 e. The summed E-state index contributed by atoms with van der Waals surface area (Å²) >= 11 is 0. The number of likely N-dealkylation sites (tertiary alicyclic amines) is 1. The minimum absolute atomic E-state index is 0.125. The van der Waals surface area contributed by atoms with E-state index < -0.39 is 10.8 Å². The molecule has 0 aromatic heterocycles. The molecular weight excluding hydrogens is 420 g/mol. The van der Waals surface area contributed by atoms with E-state index in [0.717, 1.165) is 19.3 Å². The third-order valence-corrected chi connectivity index (χ3v) is 5.56. The molecule has 1 aliphatic heterocycles. The summed E-state index contributed by atoms with van der Waals surface area (Å²) in [5.41, 5.74) is 1.67. The van der Waals surface area contributed by atoms with Gasteiger partial charge in [0, 0.05) is 30.4 Å². The molecular formula is C25H24N4O4. The Morgan fingerprint density at radius 3 is 2.27 bits per heavy atom. The number of para-hydroxylation sites is 2. The summed E-state index contributed by atoms with van der Waals surface area (Å²) in [4.78, 5) is 38.8. The highest BCUT2D eigenvalue weighted by molar-refractivity contribution is 6.09. The molecule has 1 fully saturated rings. The standard InChI is InChI=1S/C25H24N4O4/c30-24(27-21-12-6-5-11-20(21)25(31)28-15-7-2-8-16-28)18-13-14-22(23(17-18)29(32)33)26-19-9-3-1-4-10-19/h1,3-6,9-14,17,26H,2,7-8,15-16H2,(H,27,30). The van der Waals surface area contributed by atoms with Crippen LogP contribution in [0.2, 0.25) is 0 Å². The molecule has 4 rings (SSSR count). The predicted molar refractivity (Wildman–Crippen MR) is 127 cm³/mol. The molecule has 1 aliphatic rings. The molecule has 1 saturated heterocycles. The van der Waals surface area contributed by atoms with Gasteiger partial charge in [-0.25, -0.2) is 0 Å². The first kappa shape index (κ1) is 22.0. The highest BCUT2D eigenvalue weighted by atomic mass is 16.6. The Kier molecular flexibility index (Phi) is 6.64. The van der Waals surface area contributed by atoms with Crippen LogP contribution in [-0.2, 0) is 0 Å². The zero-order valence-corrected chi connectivity index (χ0v) is 18.0. The van der Waals surface area contributed by atoms with Crippen molar-refractivity contribution in [1.29, 1.82) is 0 Å². The summed E-state index contributed by atoms with van der Waals surface area (Å²) in [5, 5.41) is 17.4. The van der Waals surface area contributed by atoms with Gasteiger partial charge in [0.25, 0.3) is 17.5 Å². The van der Waals surface area contributed by atoms with Crippen LogP contribution in [0.15, 0.2) is 72.8 Å². The number of carbonyl (C=O) groups is 2. The van der Waals surface area contributed by atoms with E-state index in [0.29, 0.717) is 30.0 Å². The normalized spacial score (nSPS) is 13.3. The third-order valence-electron chi connectivity index (χ3n) is 5.56. The zero-order chi connectivity index (χ0) is 23.2. The van der Waals surface area contributed by atoms with Crippen LogP contribution >= 0.6 is 0 Å². The van der Waals surface area contributed by atoms with Crippen molar-refractivity contribution in [2.75, 3.05) is 23.7 Å². The van der Waals surface area contributed by atoms with Crippen LogP contribution in [0, 0.1) is 10.1 Å². The molecule has 0 atom stereocenters. The van der Waals surface area contributed by atoms with Crippen LogP contribution in [0.25, 0.3) is 0 Å². The Labute approximate surface area is 191 Å². The summed E-state index contributed by atoms with van der Waals surface area (Å²) in [7, 11) is 0. The van der Waals surface area contributed by atoms with Crippen molar-refractivity contribution in [3.63, 3.8) is 0 Å². The number of carbonyl (C=O) groups excluding carboxylic acids is 2. The van der Waals surface area contributed by atoms with E-state index in [1.807, 2.05) is 18.2 Å². The second kappa shape index (κ2) is 9.95. The molecule has 3 aromatic carbocycles. The van der Waals surface area contributed by atoms with Gasteiger partial charge in [0.1, 0.15) is 5.69 Å². The molecule has 0 bridgehead atoms. The monoisotopic (exact) mass is 444 g/mol. The second-order valence-corrected chi connectivity index (χ2v) is 7.83. The minimum Gasteiger partial charge on any atom is -0.350 e. The quantitative estimate of drug-likeness (QED) is 0.401. The first-order valence-electron chi connectivity index (χ1n) is 10.8. The fraction of sp³-hybridized carbons (Fsp3) is 0.200. The molecule has 0 radical (unpaired) electrons. The lowest BCUT2D eigenvalue weighted by Crippen LogP contribution is -2.36. The molecule has 0 aliphatic carbocycles. The van der Waals surface area contributed by atoms with E-state index in [9.17, 15) is 19.7 Å². The van der Waals surface area contributed by atoms with Crippen molar-refractivity contribution in [1.82, 2.24) is 4.90 Å². The van der Waals surface area contributed by atoms with Gasteiger partial charge in [0.15, 0.2) is 0 Å². The number of hydrogen-bond acceptors (Lipinski definition) is 5. The van der Waals surface area contributed by atoms with Gasteiger partial charge in [0.2, 0.25) is 0 Å². The van der Waals surface area contributed by atoms with Gasteiger partial charge >= 0.3 is 0 Å². The van der Waals surface area contributed by atoms with Gasteiger partial charge < -0.3 is 15.5 Å².